The molecule has 0 unspecified atom stereocenters. The Morgan fingerprint density at radius 2 is 2.04 bits per heavy atom. The number of benzene rings is 2. The zero-order valence-corrected chi connectivity index (χ0v) is 13.9. The van der Waals surface area contributed by atoms with E-state index in [-0.39, 0.29) is 5.91 Å². The number of carbonyl (C=O) groups excluding carboxylic acids is 1. The number of imidazole rings is 1. The highest BCUT2D eigenvalue weighted by Gasteiger charge is 2.13. The lowest BCUT2D eigenvalue weighted by Gasteiger charge is -2.20. The highest BCUT2D eigenvalue weighted by atomic mass is 16.1. The van der Waals surface area contributed by atoms with Crippen molar-refractivity contribution >= 4 is 5.91 Å². The van der Waals surface area contributed by atoms with E-state index in [2.05, 4.69) is 38.8 Å². The van der Waals surface area contributed by atoms with Crippen molar-refractivity contribution < 1.29 is 4.79 Å². The Hall–Kier alpha value is -2.92. The first kappa shape index (κ1) is 15.6. The lowest BCUT2D eigenvalue weighted by molar-refractivity contribution is 0.0951. The smallest absolute Gasteiger partial charge is 0.251 e. The summed E-state index contributed by atoms with van der Waals surface area (Å²) in [7, 11) is 0. The number of H-pyrrole nitrogens is 1. The van der Waals surface area contributed by atoms with E-state index in [1.807, 2.05) is 24.3 Å². The van der Waals surface area contributed by atoms with Gasteiger partial charge in [-0.2, -0.15) is 0 Å². The molecule has 4 rings (SSSR count). The molecule has 1 aromatic heterocycles. The fraction of sp³-hybridized carbons (Fsp3) is 0.200. The molecule has 1 aliphatic rings. The fourth-order valence-corrected chi connectivity index (χ4v) is 3.27. The molecule has 2 heterocycles. The zero-order valence-electron chi connectivity index (χ0n) is 13.9. The Morgan fingerprint density at radius 3 is 2.84 bits per heavy atom. The number of aromatic amines is 1. The normalized spacial score (nSPS) is 13.3. The average Bonchev–Trinajstić information content (AvgIpc) is 3.21. The molecule has 0 bridgehead atoms. The quantitative estimate of drug-likeness (QED) is 0.688. The van der Waals surface area contributed by atoms with Gasteiger partial charge in [-0.15, -0.1) is 0 Å². The van der Waals surface area contributed by atoms with Gasteiger partial charge in [-0.1, -0.05) is 30.3 Å². The number of nitrogens with zero attached hydrogens (tertiary/aromatic N) is 1. The van der Waals surface area contributed by atoms with E-state index in [1.54, 1.807) is 12.5 Å². The third-order valence-electron chi connectivity index (χ3n) is 4.63. The maximum atomic E-state index is 12.4. The van der Waals surface area contributed by atoms with Gasteiger partial charge in [0.15, 0.2) is 0 Å². The number of aromatic nitrogens is 2. The van der Waals surface area contributed by atoms with Crippen LogP contribution in [0.15, 0.2) is 55.0 Å². The van der Waals surface area contributed by atoms with Crippen LogP contribution in [-0.4, -0.2) is 22.4 Å². The number of carbonyl (C=O) groups is 1. The van der Waals surface area contributed by atoms with Crippen molar-refractivity contribution in [2.45, 2.75) is 19.5 Å². The molecule has 0 aliphatic carbocycles. The first-order chi connectivity index (χ1) is 12.3. The predicted molar refractivity (Wildman–Crippen MR) is 97.0 cm³/mol. The van der Waals surface area contributed by atoms with Crippen LogP contribution in [0.5, 0.6) is 0 Å². The molecule has 3 aromatic rings. The van der Waals surface area contributed by atoms with E-state index >= 15 is 0 Å². The van der Waals surface area contributed by atoms with Crippen molar-refractivity contribution in [2.24, 2.45) is 0 Å². The van der Waals surface area contributed by atoms with Gasteiger partial charge in [0.2, 0.25) is 0 Å². The van der Waals surface area contributed by atoms with Crippen molar-refractivity contribution in [3.8, 4) is 11.3 Å². The first-order valence-corrected chi connectivity index (χ1v) is 8.48. The maximum absolute atomic E-state index is 12.4. The van der Waals surface area contributed by atoms with Crippen LogP contribution in [0, 0.1) is 0 Å². The number of nitrogens with one attached hydrogen (secondary N) is 3. The van der Waals surface area contributed by atoms with Crippen LogP contribution in [0.4, 0.5) is 0 Å². The second-order valence-electron chi connectivity index (χ2n) is 6.21. The summed E-state index contributed by atoms with van der Waals surface area (Å²) < 4.78 is 0. The Balaban J connectivity index is 1.44. The number of rotatable bonds is 4. The van der Waals surface area contributed by atoms with Crippen molar-refractivity contribution in [1.29, 1.82) is 0 Å². The first-order valence-electron chi connectivity index (χ1n) is 8.48. The van der Waals surface area contributed by atoms with Crippen LogP contribution < -0.4 is 10.6 Å². The predicted octanol–water partition coefficient (Wildman–Crippen LogP) is 2.65. The molecule has 0 saturated heterocycles. The Bertz CT molecular complexity index is 869. The van der Waals surface area contributed by atoms with Gasteiger partial charge < -0.3 is 15.6 Å². The average molecular weight is 332 g/mol. The van der Waals surface area contributed by atoms with Crippen LogP contribution in [0.25, 0.3) is 11.3 Å². The van der Waals surface area contributed by atoms with Gasteiger partial charge >= 0.3 is 0 Å². The van der Waals surface area contributed by atoms with Crippen LogP contribution in [0.1, 0.15) is 27.0 Å². The minimum absolute atomic E-state index is 0.0531. The molecule has 0 spiro atoms. The van der Waals surface area contributed by atoms with Crippen LogP contribution in [-0.2, 0) is 19.5 Å². The lowest BCUT2D eigenvalue weighted by atomic mass is 9.95. The molecule has 126 valence electrons. The van der Waals surface area contributed by atoms with Gasteiger partial charge in [0, 0.05) is 18.7 Å². The molecule has 1 aliphatic heterocycles. The van der Waals surface area contributed by atoms with Crippen LogP contribution >= 0.6 is 0 Å². The van der Waals surface area contributed by atoms with Gasteiger partial charge in [-0.05, 0) is 47.4 Å². The molecule has 3 N–H and O–H groups in total. The van der Waals surface area contributed by atoms with E-state index in [1.165, 1.54) is 16.7 Å². The Morgan fingerprint density at radius 1 is 1.16 bits per heavy atom. The third-order valence-corrected chi connectivity index (χ3v) is 4.63. The second-order valence-corrected chi connectivity index (χ2v) is 6.21. The summed E-state index contributed by atoms with van der Waals surface area (Å²) in [5, 5.41) is 6.42. The molecule has 5 nitrogen and oxygen atoms in total. The molecular formula is C20H20N4O. The van der Waals surface area contributed by atoms with E-state index in [4.69, 9.17) is 0 Å². The van der Waals surface area contributed by atoms with Crippen LogP contribution in [0.2, 0.25) is 0 Å². The second kappa shape index (κ2) is 6.91. The topological polar surface area (TPSA) is 69.8 Å². The third kappa shape index (κ3) is 3.32. The fourth-order valence-electron chi connectivity index (χ4n) is 3.27. The largest absolute Gasteiger partial charge is 0.348 e. The molecule has 2 aromatic carbocycles. The van der Waals surface area contributed by atoms with E-state index in [0.29, 0.717) is 12.1 Å². The molecular weight excluding hydrogens is 312 g/mol. The van der Waals surface area contributed by atoms with Crippen molar-refractivity contribution in [1.82, 2.24) is 20.6 Å². The van der Waals surface area contributed by atoms with E-state index in [0.717, 1.165) is 30.8 Å². The Labute approximate surface area is 146 Å². The van der Waals surface area contributed by atoms with Crippen LogP contribution in [0.3, 0.4) is 0 Å². The SMILES string of the molecule is O=C(NCc1cccc2c1CCNC2)c1ccc(-c2cnc[nH]2)cc1. The molecule has 0 saturated carbocycles. The highest BCUT2D eigenvalue weighted by molar-refractivity contribution is 5.94. The molecule has 0 fully saturated rings. The van der Waals surface area contributed by atoms with Gasteiger partial charge in [0.25, 0.3) is 5.91 Å². The Kier molecular flexibility index (Phi) is 4.31. The van der Waals surface area contributed by atoms with Gasteiger partial charge in [-0.3, -0.25) is 4.79 Å². The summed E-state index contributed by atoms with van der Waals surface area (Å²) >= 11 is 0. The number of hydrogen-bond acceptors (Lipinski definition) is 3. The van der Waals surface area contributed by atoms with Gasteiger partial charge in [0.1, 0.15) is 0 Å². The van der Waals surface area contributed by atoms with Gasteiger partial charge in [0.05, 0.1) is 18.2 Å². The zero-order chi connectivity index (χ0) is 17.1. The van der Waals surface area contributed by atoms with E-state index in [9.17, 15) is 4.79 Å². The monoisotopic (exact) mass is 332 g/mol. The number of fused-ring (bicyclic) bond motifs is 1. The number of amides is 1. The van der Waals surface area contributed by atoms with Gasteiger partial charge in [-0.25, -0.2) is 4.98 Å². The lowest BCUT2D eigenvalue weighted by Crippen LogP contribution is -2.27. The summed E-state index contributed by atoms with van der Waals surface area (Å²) in [4.78, 5) is 19.5. The summed E-state index contributed by atoms with van der Waals surface area (Å²) in [6.07, 6.45) is 4.43. The van der Waals surface area contributed by atoms with E-state index < -0.39 is 0 Å². The minimum atomic E-state index is -0.0531. The molecule has 5 heteroatoms. The van der Waals surface area contributed by atoms with Crippen molar-refractivity contribution in [2.75, 3.05) is 6.54 Å². The summed E-state index contributed by atoms with van der Waals surface area (Å²) in [6, 6.07) is 13.9. The maximum Gasteiger partial charge on any atom is 0.251 e. The standard InChI is InChI=1S/C20H20N4O/c25-20(15-6-4-14(5-7-15)19-12-22-13-24-19)23-11-17-3-1-2-16-10-21-9-8-18(16)17/h1-7,12-13,21H,8-11H2,(H,22,24)(H,23,25). The minimum Gasteiger partial charge on any atom is -0.348 e. The molecule has 25 heavy (non-hydrogen) atoms. The van der Waals surface area contributed by atoms with Crippen molar-refractivity contribution in [3.63, 3.8) is 0 Å². The highest BCUT2D eigenvalue weighted by Crippen LogP contribution is 2.19. The molecule has 0 atom stereocenters. The molecule has 0 radical (unpaired) electrons. The summed E-state index contributed by atoms with van der Waals surface area (Å²) in [5.41, 5.74) is 6.53. The number of hydrogen-bond donors (Lipinski definition) is 3. The van der Waals surface area contributed by atoms with Crippen molar-refractivity contribution in [3.05, 3.63) is 77.2 Å². The summed E-state index contributed by atoms with van der Waals surface area (Å²) in [6.45, 7) is 2.46. The molecule has 1 amide bonds. The summed E-state index contributed by atoms with van der Waals surface area (Å²) in [5.74, 6) is -0.0531.